The van der Waals surface area contributed by atoms with Crippen molar-refractivity contribution in [3.05, 3.63) is 18.0 Å². The molecule has 2 N–H and O–H groups in total. The molecule has 1 aliphatic carbocycles. The summed E-state index contributed by atoms with van der Waals surface area (Å²) in [6.45, 7) is 3.02. The molecule has 0 aliphatic heterocycles. The van der Waals surface area contributed by atoms with E-state index in [0.29, 0.717) is 5.92 Å². The Morgan fingerprint density at radius 1 is 1.57 bits per heavy atom. The second-order valence-electron chi connectivity index (χ2n) is 4.20. The lowest BCUT2D eigenvalue weighted by Crippen LogP contribution is -2.18. The Morgan fingerprint density at radius 2 is 2.29 bits per heavy atom. The molecule has 1 saturated carbocycles. The molecule has 1 aliphatic rings. The van der Waals surface area contributed by atoms with Gasteiger partial charge in [-0.05, 0) is 25.7 Å². The van der Waals surface area contributed by atoms with Crippen LogP contribution in [0.25, 0.3) is 0 Å². The highest BCUT2D eigenvalue weighted by atomic mass is 15.3. The van der Waals surface area contributed by atoms with Gasteiger partial charge in [0.25, 0.3) is 0 Å². The normalized spacial score (nSPS) is 20.1. The summed E-state index contributed by atoms with van der Waals surface area (Å²) in [5, 5.41) is 4.26. The van der Waals surface area contributed by atoms with Crippen LogP contribution in [0.4, 0.5) is 0 Å². The zero-order valence-corrected chi connectivity index (χ0v) is 8.82. The minimum Gasteiger partial charge on any atom is -0.324 e. The van der Waals surface area contributed by atoms with E-state index in [1.807, 2.05) is 10.9 Å². The first-order valence-electron chi connectivity index (χ1n) is 5.59. The van der Waals surface area contributed by atoms with E-state index in [4.69, 9.17) is 5.73 Å². The van der Waals surface area contributed by atoms with Gasteiger partial charge in [-0.2, -0.15) is 5.10 Å². The van der Waals surface area contributed by atoms with E-state index in [2.05, 4.69) is 18.2 Å². The lowest BCUT2D eigenvalue weighted by molar-refractivity contribution is 0.444. The van der Waals surface area contributed by atoms with Gasteiger partial charge in [-0.15, -0.1) is 0 Å². The summed E-state index contributed by atoms with van der Waals surface area (Å²) in [4.78, 5) is 0. The molecule has 1 aromatic rings. The number of hydrogen-bond donors (Lipinski definition) is 1. The average molecular weight is 193 g/mol. The van der Waals surface area contributed by atoms with Crippen LogP contribution in [0.15, 0.2) is 12.4 Å². The van der Waals surface area contributed by atoms with Crippen LogP contribution in [0.3, 0.4) is 0 Å². The first kappa shape index (κ1) is 9.71. The molecule has 1 unspecified atom stereocenters. The highest BCUT2D eigenvalue weighted by Crippen LogP contribution is 2.33. The van der Waals surface area contributed by atoms with Crippen molar-refractivity contribution in [2.75, 3.05) is 0 Å². The summed E-state index contributed by atoms with van der Waals surface area (Å²) < 4.78 is 1.95. The number of nitrogens with two attached hydrogens (primary N) is 1. The Hall–Kier alpha value is -0.830. The molecule has 0 spiro atoms. The molecule has 3 nitrogen and oxygen atoms in total. The summed E-state index contributed by atoms with van der Waals surface area (Å²) in [6.07, 6.45) is 9.28. The molecular formula is C11H19N3. The van der Waals surface area contributed by atoms with Gasteiger partial charge in [0.15, 0.2) is 0 Å². The number of hydrogen-bond acceptors (Lipinski definition) is 2. The molecule has 78 valence electrons. The molecule has 0 amide bonds. The van der Waals surface area contributed by atoms with Crippen LogP contribution in [0.2, 0.25) is 0 Å². The number of rotatable bonds is 3. The molecule has 1 aromatic heterocycles. The lowest BCUT2D eigenvalue weighted by Gasteiger charge is -2.16. The van der Waals surface area contributed by atoms with E-state index in [1.165, 1.54) is 31.2 Å². The Labute approximate surface area is 85.3 Å². The largest absolute Gasteiger partial charge is 0.324 e. The fraction of sp³-hybridized carbons (Fsp3) is 0.727. The molecular weight excluding hydrogens is 174 g/mol. The third-order valence-corrected chi connectivity index (χ3v) is 3.27. The predicted molar refractivity (Wildman–Crippen MR) is 56.8 cm³/mol. The van der Waals surface area contributed by atoms with Crippen molar-refractivity contribution in [1.29, 1.82) is 0 Å². The molecule has 0 radical (unpaired) electrons. The van der Waals surface area contributed by atoms with E-state index in [9.17, 15) is 0 Å². The first-order valence-corrected chi connectivity index (χ1v) is 5.59. The third-order valence-electron chi connectivity index (χ3n) is 3.27. The van der Waals surface area contributed by atoms with Crippen molar-refractivity contribution >= 4 is 0 Å². The molecule has 1 fully saturated rings. The minimum absolute atomic E-state index is 0.206. The van der Waals surface area contributed by atoms with Crippen LogP contribution in [-0.2, 0) is 6.54 Å². The SMILES string of the molecule is CCn1cc(C(N)C2CCCC2)cn1. The van der Waals surface area contributed by atoms with E-state index >= 15 is 0 Å². The summed E-state index contributed by atoms with van der Waals surface area (Å²) in [5.41, 5.74) is 7.42. The molecule has 2 rings (SSSR count). The quantitative estimate of drug-likeness (QED) is 0.798. The Morgan fingerprint density at radius 3 is 2.86 bits per heavy atom. The fourth-order valence-corrected chi connectivity index (χ4v) is 2.31. The van der Waals surface area contributed by atoms with Crippen LogP contribution in [0, 0.1) is 5.92 Å². The summed E-state index contributed by atoms with van der Waals surface area (Å²) >= 11 is 0. The predicted octanol–water partition coefficient (Wildman–Crippen LogP) is 2.09. The van der Waals surface area contributed by atoms with Crippen LogP contribution in [0.5, 0.6) is 0 Å². The van der Waals surface area contributed by atoms with Gasteiger partial charge < -0.3 is 5.73 Å². The van der Waals surface area contributed by atoms with Crippen molar-refractivity contribution in [2.24, 2.45) is 11.7 Å². The Bertz CT molecular complexity index is 286. The van der Waals surface area contributed by atoms with Gasteiger partial charge in [0.2, 0.25) is 0 Å². The van der Waals surface area contributed by atoms with Gasteiger partial charge in [-0.3, -0.25) is 4.68 Å². The smallest absolute Gasteiger partial charge is 0.0537 e. The fourth-order valence-electron chi connectivity index (χ4n) is 2.31. The third kappa shape index (κ3) is 1.82. The maximum absolute atomic E-state index is 6.21. The highest BCUT2D eigenvalue weighted by molar-refractivity contribution is 5.11. The minimum atomic E-state index is 0.206. The van der Waals surface area contributed by atoms with Crippen molar-refractivity contribution < 1.29 is 0 Å². The highest BCUT2D eigenvalue weighted by Gasteiger charge is 2.23. The summed E-state index contributed by atoms with van der Waals surface area (Å²) in [6, 6.07) is 0.206. The van der Waals surface area contributed by atoms with E-state index in [-0.39, 0.29) is 6.04 Å². The average Bonchev–Trinajstić information content (AvgIpc) is 2.88. The topological polar surface area (TPSA) is 43.8 Å². The molecule has 14 heavy (non-hydrogen) atoms. The van der Waals surface area contributed by atoms with Crippen molar-refractivity contribution in [3.8, 4) is 0 Å². The van der Waals surface area contributed by atoms with Crippen LogP contribution in [0.1, 0.15) is 44.2 Å². The van der Waals surface area contributed by atoms with Crippen molar-refractivity contribution in [3.63, 3.8) is 0 Å². The first-order chi connectivity index (χ1) is 6.81. The van der Waals surface area contributed by atoms with Gasteiger partial charge in [-0.1, -0.05) is 12.8 Å². The van der Waals surface area contributed by atoms with Crippen LogP contribution < -0.4 is 5.73 Å². The van der Waals surface area contributed by atoms with Crippen LogP contribution >= 0.6 is 0 Å². The second kappa shape index (κ2) is 4.13. The molecule has 0 aromatic carbocycles. The summed E-state index contributed by atoms with van der Waals surface area (Å²) in [5.74, 6) is 0.685. The Balaban J connectivity index is 2.05. The lowest BCUT2D eigenvalue weighted by atomic mass is 9.95. The van der Waals surface area contributed by atoms with E-state index in [1.54, 1.807) is 0 Å². The summed E-state index contributed by atoms with van der Waals surface area (Å²) in [7, 11) is 0. The second-order valence-corrected chi connectivity index (χ2v) is 4.20. The number of aryl methyl sites for hydroxylation is 1. The zero-order chi connectivity index (χ0) is 9.97. The maximum atomic E-state index is 6.21. The zero-order valence-electron chi connectivity index (χ0n) is 8.82. The molecule has 0 saturated heterocycles. The van der Waals surface area contributed by atoms with Gasteiger partial charge in [0.05, 0.1) is 6.20 Å². The van der Waals surface area contributed by atoms with Crippen molar-refractivity contribution in [1.82, 2.24) is 9.78 Å². The molecule has 0 bridgehead atoms. The van der Waals surface area contributed by atoms with Gasteiger partial charge in [0, 0.05) is 24.3 Å². The van der Waals surface area contributed by atoms with E-state index in [0.717, 1.165) is 6.54 Å². The van der Waals surface area contributed by atoms with Gasteiger partial charge in [-0.25, -0.2) is 0 Å². The number of nitrogens with zero attached hydrogens (tertiary/aromatic N) is 2. The molecule has 3 heteroatoms. The molecule has 1 heterocycles. The van der Waals surface area contributed by atoms with Gasteiger partial charge in [0.1, 0.15) is 0 Å². The standard InChI is InChI=1S/C11H19N3/c1-2-14-8-10(7-13-14)11(12)9-5-3-4-6-9/h7-9,11H,2-6,12H2,1H3. The van der Waals surface area contributed by atoms with Crippen molar-refractivity contribution in [2.45, 2.75) is 45.2 Å². The molecule has 1 atom stereocenters. The van der Waals surface area contributed by atoms with Gasteiger partial charge >= 0.3 is 0 Å². The van der Waals surface area contributed by atoms with E-state index < -0.39 is 0 Å². The van der Waals surface area contributed by atoms with Crippen LogP contribution in [-0.4, -0.2) is 9.78 Å². The maximum Gasteiger partial charge on any atom is 0.0537 e. The number of aromatic nitrogens is 2. The Kier molecular flexibility index (Phi) is 2.87. The monoisotopic (exact) mass is 193 g/mol.